The van der Waals surface area contributed by atoms with Gasteiger partial charge in [-0.25, -0.2) is 29.4 Å². The maximum absolute atomic E-state index is 4.94. The molecule has 0 heterocycles. The minimum atomic E-state index is 0. The Bertz CT molecular complexity index is 237. The third-order valence-corrected chi connectivity index (χ3v) is 4.46. The van der Waals surface area contributed by atoms with Gasteiger partial charge in [0.25, 0.3) is 0 Å². The monoisotopic (exact) mass is 453 g/mol. The van der Waals surface area contributed by atoms with Crippen molar-refractivity contribution in [1.29, 1.82) is 0 Å². The minimum Gasteiger partial charge on any atom is -0.783 e. The van der Waals surface area contributed by atoms with Crippen molar-refractivity contribution in [2.75, 3.05) is 0 Å². The Morgan fingerprint density at radius 1 is 0.333 bits per heavy atom. The molecular formula is C6Cu3S6. The van der Waals surface area contributed by atoms with E-state index < -0.39 is 0 Å². The molecule has 93 valence electrons. The van der Waals surface area contributed by atoms with E-state index in [0.29, 0.717) is 29.4 Å². The van der Waals surface area contributed by atoms with Crippen LogP contribution in [0.4, 0.5) is 0 Å². The number of hydrogen-bond acceptors (Lipinski definition) is 6. The molecule has 0 aliphatic heterocycles. The first kappa shape index (κ1) is 22.3. The van der Waals surface area contributed by atoms with Crippen LogP contribution >= 0.6 is 0 Å². The number of hydrogen-bond donors (Lipinski definition) is 0. The van der Waals surface area contributed by atoms with Crippen molar-refractivity contribution in [1.82, 2.24) is 0 Å². The Morgan fingerprint density at radius 2 is 0.400 bits per heavy atom. The largest absolute Gasteiger partial charge is 2.00 e. The molecule has 1 aromatic carbocycles. The van der Waals surface area contributed by atoms with Crippen molar-refractivity contribution in [3.05, 3.63) is 0 Å². The van der Waals surface area contributed by atoms with Gasteiger partial charge < -0.3 is 75.8 Å². The molecule has 1 rings (SSSR count). The Kier molecular flexibility index (Phi) is 13.5. The molecule has 0 spiro atoms. The summed E-state index contributed by atoms with van der Waals surface area (Å²) >= 11 is 29.6. The van der Waals surface area contributed by atoms with Gasteiger partial charge in [-0.15, -0.1) is 0 Å². The fourth-order valence-electron chi connectivity index (χ4n) is 0.619. The van der Waals surface area contributed by atoms with Crippen LogP contribution in [0, 0.1) is 0 Å². The Labute approximate surface area is 154 Å². The molecule has 9 heteroatoms. The SMILES string of the molecule is [Cu+2].[Cu+2].[Cu+2].[S-]c1c([S-])c([S-])c([S-])c([S-])c1[S-]. The van der Waals surface area contributed by atoms with E-state index in [1.54, 1.807) is 0 Å². The summed E-state index contributed by atoms with van der Waals surface area (Å²) < 4.78 is 0. The van der Waals surface area contributed by atoms with Gasteiger partial charge in [-0.1, -0.05) is 0 Å². The molecule has 0 fully saturated rings. The summed E-state index contributed by atoms with van der Waals surface area (Å²) in [6.07, 6.45) is 0. The van der Waals surface area contributed by atoms with E-state index in [1.165, 1.54) is 0 Å². The maximum Gasteiger partial charge on any atom is 2.00 e. The molecule has 0 atom stereocenters. The van der Waals surface area contributed by atoms with Crippen molar-refractivity contribution in [3.8, 4) is 0 Å². The number of rotatable bonds is 0. The van der Waals surface area contributed by atoms with Gasteiger partial charge in [0, 0.05) is 0 Å². The maximum atomic E-state index is 4.94. The van der Waals surface area contributed by atoms with E-state index in [0.717, 1.165) is 0 Å². The first-order valence-corrected chi connectivity index (χ1v) is 5.17. The average molecular weight is 455 g/mol. The molecule has 0 saturated carbocycles. The summed E-state index contributed by atoms with van der Waals surface area (Å²) in [5, 5.41) is 0. The van der Waals surface area contributed by atoms with Crippen LogP contribution in [0.1, 0.15) is 0 Å². The Morgan fingerprint density at radius 3 is 0.467 bits per heavy atom. The molecule has 0 unspecified atom stereocenters. The first-order chi connectivity index (χ1) is 5.46. The van der Waals surface area contributed by atoms with Gasteiger partial charge in [0.1, 0.15) is 0 Å². The van der Waals surface area contributed by atoms with Gasteiger partial charge in [0.05, 0.1) is 0 Å². The van der Waals surface area contributed by atoms with Crippen LogP contribution in [0.25, 0.3) is 0 Å². The molecule has 15 heavy (non-hydrogen) atoms. The molecule has 0 amide bonds. The predicted molar refractivity (Wildman–Crippen MR) is 60.2 cm³/mol. The summed E-state index contributed by atoms with van der Waals surface area (Å²) in [5.74, 6) is 0. The third-order valence-electron chi connectivity index (χ3n) is 1.24. The van der Waals surface area contributed by atoms with Gasteiger partial charge in [0.2, 0.25) is 0 Å². The smallest absolute Gasteiger partial charge is 0.783 e. The molecule has 3 radical (unpaired) electrons. The number of benzene rings is 1. The van der Waals surface area contributed by atoms with Gasteiger partial charge >= 0.3 is 51.2 Å². The van der Waals surface area contributed by atoms with E-state index >= 15 is 0 Å². The third kappa shape index (κ3) is 4.70. The van der Waals surface area contributed by atoms with Crippen molar-refractivity contribution < 1.29 is 51.2 Å². The standard InChI is InChI=1S/C6H6S6.3Cu/c7-1-2(8)4(10)6(12)5(11)3(1)9;;;/h7-12H;;;/q;3*+2/p-6. The average Bonchev–Trinajstić information content (AvgIpc) is 2.08. The summed E-state index contributed by atoms with van der Waals surface area (Å²) in [7, 11) is 0. The van der Waals surface area contributed by atoms with Crippen LogP contribution in [-0.4, -0.2) is 0 Å². The van der Waals surface area contributed by atoms with Crippen LogP contribution in [0.5, 0.6) is 0 Å². The van der Waals surface area contributed by atoms with Crippen LogP contribution < -0.4 is 0 Å². The Hall–Kier alpha value is 2.10. The van der Waals surface area contributed by atoms with E-state index in [-0.39, 0.29) is 51.2 Å². The fraction of sp³-hybridized carbons (Fsp3) is 0. The summed E-state index contributed by atoms with van der Waals surface area (Å²) in [6, 6.07) is 0. The zero-order chi connectivity index (χ0) is 9.46. The molecule has 0 N–H and O–H groups in total. The molecule has 0 aromatic heterocycles. The van der Waals surface area contributed by atoms with Gasteiger partial charge in [0.15, 0.2) is 0 Å². The van der Waals surface area contributed by atoms with Crippen LogP contribution in [0.15, 0.2) is 29.4 Å². The van der Waals surface area contributed by atoms with Crippen molar-refractivity contribution in [3.63, 3.8) is 0 Å². The molecule has 1 aromatic rings. The summed E-state index contributed by atoms with van der Waals surface area (Å²) in [4.78, 5) is 2.35. The predicted octanol–water partition coefficient (Wildman–Crippen LogP) is 1.11. The van der Waals surface area contributed by atoms with E-state index in [4.69, 9.17) is 75.8 Å². The molecule has 0 bridgehead atoms. The van der Waals surface area contributed by atoms with Crippen molar-refractivity contribution >= 4 is 75.8 Å². The molecule has 0 aliphatic rings. The van der Waals surface area contributed by atoms with Gasteiger partial charge in [-0.2, -0.15) is 0 Å². The van der Waals surface area contributed by atoms with E-state index in [9.17, 15) is 0 Å². The molecule has 0 nitrogen and oxygen atoms in total. The zero-order valence-electron chi connectivity index (χ0n) is 6.35. The van der Waals surface area contributed by atoms with Crippen LogP contribution in [0.3, 0.4) is 0 Å². The normalized spacial score (nSPS) is 8.00. The fourth-order valence-corrected chi connectivity index (χ4v) is 2.23. The van der Waals surface area contributed by atoms with Crippen molar-refractivity contribution in [2.24, 2.45) is 0 Å². The zero-order valence-corrected chi connectivity index (χ0v) is 14.1. The molecule has 0 saturated heterocycles. The summed E-state index contributed by atoms with van der Waals surface area (Å²) in [6.45, 7) is 0. The second-order valence-corrected chi connectivity index (χ2v) is 4.42. The first-order valence-electron chi connectivity index (χ1n) is 2.72. The van der Waals surface area contributed by atoms with Crippen LogP contribution in [0.2, 0.25) is 0 Å². The van der Waals surface area contributed by atoms with Crippen molar-refractivity contribution in [2.45, 2.75) is 29.4 Å². The van der Waals surface area contributed by atoms with E-state index in [1.807, 2.05) is 0 Å². The quantitative estimate of drug-likeness (QED) is 0.422. The Balaban J connectivity index is -0.000000480. The van der Waals surface area contributed by atoms with Crippen LogP contribution in [-0.2, 0) is 127 Å². The van der Waals surface area contributed by atoms with Gasteiger partial charge in [-0.3, -0.25) is 0 Å². The van der Waals surface area contributed by atoms with Gasteiger partial charge in [-0.05, 0) is 0 Å². The van der Waals surface area contributed by atoms with E-state index in [2.05, 4.69) is 0 Å². The second kappa shape index (κ2) is 9.08. The molecular weight excluding hydrogens is 455 g/mol. The second-order valence-electron chi connectivity index (χ2n) is 1.97. The topological polar surface area (TPSA) is 0 Å². The molecule has 0 aliphatic carbocycles. The minimum absolute atomic E-state index is 0. The summed E-state index contributed by atoms with van der Waals surface area (Å²) in [5.41, 5.74) is 0.